The number of rotatable bonds is 4. The standard InChI is InChI=1S/C16H21Cl2N3O2S/c1-2-23-16(22)21-7-5-12(6-8-21)20-15(24)19-10-11-3-4-13(17)14(18)9-11/h3-4,9,12H,2,5-8,10H2,1H3,(H2,19,20,24). The third kappa shape index (κ3) is 5.69. The Morgan fingerprint density at radius 3 is 2.67 bits per heavy atom. The maximum atomic E-state index is 11.7. The molecule has 2 rings (SSSR count). The van der Waals surface area contributed by atoms with Gasteiger partial charge in [-0.25, -0.2) is 4.79 Å². The van der Waals surface area contributed by atoms with Gasteiger partial charge in [0.1, 0.15) is 0 Å². The molecule has 0 spiro atoms. The predicted molar refractivity (Wildman–Crippen MR) is 101 cm³/mol. The lowest BCUT2D eigenvalue weighted by Crippen LogP contribution is -2.49. The van der Waals surface area contributed by atoms with Crippen molar-refractivity contribution < 1.29 is 9.53 Å². The van der Waals surface area contributed by atoms with Crippen LogP contribution in [0.5, 0.6) is 0 Å². The van der Waals surface area contributed by atoms with Crippen LogP contribution < -0.4 is 10.6 Å². The Bertz CT molecular complexity index is 593. The van der Waals surface area contributed by atoms with E-state index in [1.165, 1.54) is 0 Å². The van der Waals surface area contributed by atoms with Crippen LogP contribution in [0.1, 0.15) is 25.3 Å². The van der Waals surface area contributed by atoms with Crippen molar-refractivity contribution in [2.75, 3.05) is 19.7 Å². The quantitative estimate of drug-likeness (QED) is 0.770. The van der Waals surface area contributed by atoms with Crippen molar-refractivity contribution in [2.45, 2.75) is 32.4 Å². The van der Waals surface area contributed by atoms with Gasteiger partial charge in [0, 0.05) is 25.7 Å². The van der Waals surface area contributed by atoms with Crippen LogP contribution in [0.25, 0.3) is 0 Å². The summed E-state index contributed by atoms with van der Waals surface area (Å²) in [5.74, 6) is 0. The van der Waals surface area contributed by atoms with E-state index in [0.717, 1.165) is 18.4 Å². The number of carbonyl (C=O) groups is 1. The maximum absolute atomic E-state index is 11.7. The highest BCUT2D eigenvalue weighted by atomic mass is 35.5. The Kier molecular flexibility index (Phi) is 7.40. The third-order valence-corrected chi connectivity index (χ3v) is 4.79. The van der Waals surface area contributed by atoms with Gasteiger partial charge >= 0.3 is 6.09 Å². The van der Waals surface area contributed by atoms with Gasteiger partial charge < -0.3 is 20.3 Å². The monoisotopic (exact) mass is 389 g/mol. The van der Waals surface area contributed by atoms with Gasteiger partial charge in [-0.3, -0.25) is 0 Å². The van der Waals surface area contributed by atoms with Crippen molar-refractivity contribution in [3.05, 3.63) is 33.8 Å². The van der Waals surface area contributed by atoms with E-state index in [-0.39, 0.29) is 12.1 Å². The summed E-state index contributed by atoms with van der Waals surface area (Å²) in [5.41, 5.74) is 1.01. The molecule has 0 saturated carbocycles. The first-order valence-electron chi connectivity index (χ1n) is 7.89. The number of hydrogen-bond acceptors (Lipinski definition) is 3. The molecule has 1 heterocycles. The van der Waals surface area contributed by atoms with Crippen LogP contribution in [0, 0.1) is 0 Å². The summed E-state index contributed by atoms with van der Waals surface area (Å²) in [7, 11) is 0. The molecule has 2 N–H and O–H groups in total. The van der Waals surface area contributed by atoms with E-state index in [1.54, 1.807) is 11.0 Å². The van der Waals surface area contributed by atoms with Crippen LogP contribution in [0.4, 0.5) is 4.79 Å². The summed E-state index contributed by atoms with van der Waals surface area (Å²) in [6.07, 6.45) is 1.44. The number of ether oxygens (including phenoxy) is 1. The van der Waals surface area contributed by atoms with E-state index in [4.69, 9.17) is 40.2 Å². The summed E-state index contributed by atoms with van der Waals surface area (Å²) in [4.78, 5) is 13.4. The molecule has 0 radical (unpaired) electrons. The molecular weight excluding hydrogens is 369 g/mol. The van der Waals surface area contributed by atoms with Crippen molar-refractivity contribution in [1.82, 2.24) is 15.5 Å². The lowest BCUT2D eigenvalue weighted by molar-refractivity contribution is 0.0963. The summed E-state index contributed by atoms with van der Waals surface area (Å²) < 4.78 is 5.01. The maximum Gasteiger partial charge on any atom is 0.409 e. The first kappa shape index (κ1) is 19.1. The number of piperidine rings is 1. The van der Waals surface area contributed by atoms with Gasteiger partial charge in [-0.2, -0.15) is 0 Å². The van der Waals surface area contributed by atoms with Gasteiger partial charge in [-0.15, -0.1) is 0 Å². The van der Waals surface area contributed by atoms with Gasteiger partial charge in [-0.1, -0.05) is 29.3 Å². The van der Waals surface area contributed by atoms with Gasteiger partial charge in [0.15, 0.2) is 5.11 Å². The number of nitrogens with one attached hydrogen (secondary N) is 2. The predicted octanol–water partition coefficient (Wildman–Crippen LogP) is 3.58. The molecule has 1 fully saturated rings. The minimum absolute atomic E-state index is 0.240. The van der Waals surface area contributed by atoms with Gasteiger partial charge in [-0.05, 0) is 49.7 Å². The molecular formula is C16H21Cl2N3O2S. The van der Waals surface area contributed by atoms with E-state index >= 15 is 0 Å². The van der Waals surface area contributed by atoms with E-state index in [0.29, 0.717) is 41.4 Å². The molecule has 1 aromatic rings. The average molecular weight is 390 g/mol. The third-order valence-electron chi connectivity index (χ3n) is 3.79. The Labute approximate surface area is 157 Å². The number of amides is 1. The number of halogens is 2. The Hall–Kier alpha value is -1.24. The van der Waals surface area contributed by atoms with Crippen molar-refractivity contribution in [3.63, 3.8) is 0 Å². The molecule has 1 amide bonds. The number of benzene rings is 1. The molecule has 0 unspecified atom stereocenters. The van der Waals surface area contributed by atoms with E-state index in [2.05, 4.69) is 10.6 Å². The number of hydrogen-bond donors (Lipinski definition) is 2. The zero-order valence-electron chi connectivity index (χ0n) is 13.5. The highest BCUT2D eigenvalue weighted by Crippen LogP contribution is 2.22. The average Bonchev–Trinajstić information content (AvgIpc) is 2.57. The molecule has 24 heavy (non-hydrogen) atoms. The SMILES string of the molecule is CCOC(=O)N1CCC(NC(=S)NCc2ccc(Cl)c(Cl)c2)CC1. The summed E-state index contributed by atoms with van der Waals surface area (Å²) in [6.45, 7) is 4.13. The Morgan fingerprint density at radius 1 is 1.33 bits per heavy atom. The zero-order valence-corrected chi connectivity index (χ0v) is 15.8. The van der Waals surface area contributed by atoms with Crippen LogP contribution in [-0.2, 0) is 11.3 Å². The molecule has 0 atom stereocenters. The largest absolute Gasteiger partial charge is 0.450 e. The molecule has 0 aliphatic carbocycles. The number of likely N-dealkylation sites (tertiary alicyclic amines) is 1. The molecule has 8 heteroatoms. The molecule has 0 aromatic heterocycles. The second-order valence-corrected chi connectivity index (χ2v) is 6.76. The Morgan fingerprint density at radius 2 is 2.04 bits per heavy atom. The molecule has 132 valence electrons. The normalized spacial score (nSPS) is 15.0. The molecule has 5 nitrogen and oxygen atoms in total. The summed E-state index contributed by atoms with van der Waals surface area (Å²) >= 11 is 17.2. The summed E-state index contributed by atoms with van der Waals surface area (Å²) in [6, 6.07) is 5.74. The molecule has 1 aromatic carbocycles. The fourth-order valence-electron chi connectivity index (χ4n) is 2.49. The minimum atomic E-state index is -0.240. The van der Waals surface area contributed by atoms with E-state index in [9.17, 15) is 4.79 Å². The fraction of sp³-hybridized carbons (Fsp3) is 0.500. The number of nitrogens with zero attached hydrogens (tertiary/aromatic N) is 1. The smallest absolute Gasteiger partial charge is 0.409 e. The van der Waals surface area contributed by atoms with Crippen molar-refractivity contribution in [2.24, 2.45) is 0 Å². The van der Waals surface area contributed by atoms with Crippen molar-refractivity contribution in [3.8, 4) is 0 Å². The molecule has 0 bridgehead atoms. The van der Waals surface area contributed by atoms with E-state index in [1.807, 2.05) is 19.1 Å². The van der Waals surface area contributed by atoms with Crippen LogP contribution in [0.2, 0.25) is 10.0 Å². The lowest BCUT2D eigenvalue weighted by atomic mass is 10.1. The minimum Gasteiger partial charge on any atom is -0.450 e. The highest BCUT2D eigenvalue weighted by molar-refractivity contribution is 7.80. The van der Waals surface area contributed by atoms with Crippen LogP contribution in [0.3, 0.4) is 0 Å². The van der Waals surface area contributed by atoms with Crippen LogP contribution in [0.15, 0.2) is 18.2 Å². The van der Waals surface area contributed by atoms with E-state index < -0.39 is 0 Å². The molecule has 1 aliphatic rings. The topological polar surface area (TPSA) is 53.6 Å². The molecule has 1 saturated heterocycles. The van der Waals surface area contributed by atoms with Crippen LogP contribution >= 0.6 is 35.4 Å². The number of carbonyl (C=O) groups excluding carboxylic acids is 1. The fourth-order valence-corrected chi connectivity index (χ4v) is 3.05. The second kappa shape index (κ2) is 9.30. The Balaban J connectivity index is 1.71. The van der Waals surface area contributed by atoms with Crippen molar-refractivity contribution in [1.29, 1.82) is 0 Å². The van der Waals surface area contributed by atoms with Crippen LogP contribution in [-0.4, -0.2) is 41.8 Å². The highest BCUT2D eigenvalue weighted by Gasteiger charge is 2.23. The zero-order chi connectivity index (χ0) is 17.5. The first-order valence-corrected chi connectivity index (χ1v) is 9.06. The van der Waals surface area contributed by atoms with Gasteiger partial charge in [0.25, 0.3) is 0 Å². The lowest BCUT2D eigenvalue weighted by Gasteiger charge is -2.32. The molecule has 1 aliphatic heterocycles. The summed E-state index contributed by atoms with van der Waals surface area (Å²) in [5, 5.41) is 8.11. The number of thiocarbonyl (C=S) groups is 1. The van der Waals surface area contributed by atoms with Gasteiger partial charge in [0.05, 0.1) is 16.7 Å². The van der Waals surface area contributed by atoms with Crippen molar-refractivity contribution >= 4 is 46.6 Å². The van der Waals surface area contributed by atoms with Gasteiger partial charge in [0.2, 0.25) is 0 Å². The second-order valence-electron chi connectivity index (χ2n) is 5.54. The first-order chi connectivity index (χ1) is 11.5.